The zero-order chi connectivity index (χ0) is 15.5. The van der Waals surface area contributed by atoms with E-state index in [2.05, 4.69) is 52.9 Å². The van der Waals surface area contributed by atoms with Crippen molar-refractivity contribution in [1.29, 1.82) is 0 Å². The lowest BCUT2D eigenvalue weighted by Crippen LogP contribution is -2.02. The van der Waals surface area contributed by atoms with Crippen LogP contribution < -0.4 is 0 Å². The Morgan fingerprint density at radius 3 is 2.55 bits per heavy atom. The first-order chi connectivity index (χ1) is 10.7. The molecule has 6 heteroatoms. The molecule has 1 N–H and O–H groups in total. The third-order valence-corrected chi connectivity index (χ3v) is 5.48. The minimum Gasteiger partial charge on any atom is -0.388 e. The van der Waals surface area contributed by atoms with Gasteiger partial charge in [0.2, 0.25) is 0 Å². The Morgan fingerprint density at radius 2 is 1.95 bits per heavy atom. The zero-order valence-corrected chi connectivity index (χ0v) is 14.5. The van der Waals surface area contributed by atoms with Gasteiger partial charge in [0.05, 0.1) is 0 Å². The molecule has 1 saturated carbocycles. The lowest BCUT2D eigenvalue weighted by molar-refractivity contribution is 0.263. The molecule has 2 aromatic rings. The van der Waals surface area contributed by atoms with Crippen LogP contribution >= 0.6 is 23.5 Å². The van der Waals surface area contributed by atoms with Crippen LogP contribution in [0, 0.1) is 0 Å². The second-order valence-electron chi connectivity index (χ2n) is 5.76. The number of benzene rings is 1. The standard InChI is InChI=1S/C16H21N3OS2/c1-11(2)22-14-7-3-12(4-8-14)10-21-16-18-17-15(9-20)19(16)13-5-6-13/h3-4,7-8,11,13,20H,5-6,9-10H2,1-2H3. The van der Waals surface area contributed by atoms with E-state index in [0.717, 1.165) is 10.9 Å². The van der Waals surface area contributed by atoms with Crippen molar-refractivity contribution in [3.63, 3.8) is 0 Å². The summed E-state index contributed by atoms with van der Waals surface area (Å²) in [6.07, 6.45) is 2.33. The predicted molar refractivity (Wildman–Crippen MR) is 91.2 cm³/mol. The summed E-state index contributed by atoms with van der Waals surface area (Å²) in [5.41, 5.74) is 1.29. The van der Waals surface area contributed by atoms with Gasteiger partial charge in [-0.15, -0.1) is 22.0 Å². The fraction of sp³-hybridized carbons (Fsp3) is 0.500. The first kappa shape index (κ1) is 15.9. The van der Waals surface area contributed by atoms with Crippen molar-refractivity contribution in [1.82, 2.24) is 14.8 Å². The molecule has 0 saturated heterocycles. The van der Waals surface area contributed by atoms with E-state index in [0.29, 0.717) is 17.1 Å². The molecule has 0 atom stereocenters. The van der Waals surface area contributed by atoms with Crippen molar-refractivity contribution in [3.8, 4) is 0 Å². The molecular formula is C16H21N3OS2. The highest BCUT2D eigenvalue weighted by atomic mass is 32.2. The average molecular weight is 335 g/mol. The van der Waals surface area contributed by atoms with E-state index in [1.54, 1.807) is 11.8 Å². The molecule has 0 radical (unpaired) electrons. The Kier molecular flexibility index (Phi) is 5.10. The van der Waals surface area contributed by atoms with E-state index < -0.39 is 0 Å². The molecule has 0 bridgehead atoms. The molecule has 0 spiro atoms. The maximum Gasteiger partial charge on any atom is 0.191 e. The third-order valence-electron chi connectivity index (χ3n) is 3.45. The van der Waals surface area contributed by atoms with Gasteiger partial charge in [-0.1, -0.05) is 37.7 Å². The lowest BCUT2D eigenvalue weighted by Gasteiger charge is -2.08. The normalized spacial score (nSPS) is 14.7. The predicted octanol–water partition coefficient (Wildman–Crippen LogP) is 3.90. The summed E-state index contributed by atoms with van der Waals surface area (Å²) < 4.78 is 2.10. The highest BCUT2D eigenvalue weighted by Gasteiger charge is 2.29. The molecule has 118 valence electrons. The van der Waals surface area contributed by atoms with Crippen LogP contribution in [0.5, 0.6) is 0 Å². The van der Waals surface area contributed by atoms with Crippen LogP contribution in [0.1, 0.15) is 44.1 Å². The lowest BCUT2D eigenvalue weighted by atomic mass is 10.2. The molecule has 4 nitrogen and oxygen atoms in total. The summed E-state index contributed by atoms with van der Waals surface area (Å²) >= 11 is 3.58. The van der Waals surface area contributed by atoms with E-state index in [-0.39, 0.29) is 6.61 Å². The van der Waals surface area contributed by atoms with Gasteiger partial charge >= 0.3 is 0 Å². The second kappa shape index (κ2) is 7.06. The van der Waals surface area contributed by atoms with E-state index in [1.165, 1.54) is 23.3 Å². The number of aliphatic hydroxyl groups is 1. The first-order valence-electron chi connectivity index (χ1n) is 7.60. The maximum atomic E-state index is 9.36. The van der Waals surface area contributed by atoms with Gasteiger partial charge in [-0.05, 0) is 30.5 Å². The molecule has 1 heterocycles. The summed E-state index contributed by atoms with van der Waals surface area (Å²) in [4.78, 5) is 1.31. The highest BCUT2D eigenvalue weighted by molar-refractivity contribution is 8.00. The number of rotatable bonds is 7. The van der Waals surface area contributed by atoms with Crippen molar-refractivity contribution in [3.05, 3.63) is 35.7 Å². The average Bonchev–Trinajstić information content (AvgIpc) is 3.26. The minimum absolute atomic E-state index is 0.0365. The van der Waals surface area contributed by atoms with Gasteiger partial charge in [0.25, 0.3) is 0 Å². The fourth-order valence-corrected chi connectivity index (χ4v) is 4.12. The molecular weight excluding hydrogens is 314 g/mol. The van der Waals surface area contributed by atoms with Crippen molar-refractivity contribution in [2.24, 2.45) is 0 Å². The maximum absolute atomic E-state index is 9.36. The van der Waals surface area contributed by atoms with Crippen LogP contribution in [0.4, 0.5) is 0 Å². The smallest absolute Gasteiger partial charge is 0.191 e. The van der Waals surface area contributed by atoms with E-state index in [4.69, 9.17) is 0 Å². The molecule has 22 heavy (non-hydrogen) atoms. The Morgan fingerprint density at radius 1 is 1.23 bits per heavy atom. The summed E-state index contributed by atoms with van der Waals surface area (Å²) in [6, 6.07) is 9.23. The van der Waals surface area contributed by atoms with Gasteiger partial charge in [-0.3, -0.25) is 0 Å². The van der Waals surface area contributed by atoms with Crippen LogP contribution in [-0.2, 0) is 12.4 Å². The Hall–Kier alpha value is -0.980. The zero-order valence-electron chi connectivity index (χ0n) is 12.9. The van der Waals surface area contributed by atoms with Crippen LogP contribution in [0.3, 0.4) is 0 Å². The van der Waals surface area contributed by atoms with Crippen LogP contribution in [0.25, 0.3) is 0 Å². The summed E-state index contributed by atoms with van der Waals surface area (Å²) in [6.45, 7) is 4.38. The van der Waals surface area contributed by atoms with Crippen LogP contribution in [0.15, 0.2) is 34.3 Å². The van der Waals surface area contributed by atoms with Crippen molar-refractivity contribution >= 4 is 23.5 Å². The van der Waals surface area contributed by atoms with Gasteiger partial charge < -0.3 is 9.67 Å². The fourth-order valence-electron chi connectivity index (χ4n) is 2.30. The largest absolute Gasteiger partial charge is 0.388 e. The number of aliphatic hydroxyl groups excluding tert-OH is 1. The number of hydrogen-bond acceptors (Lipinski definition) is 5. The summed E-state index contributed by atoms with van der Waals surface area (Å²) in [5, 5.41) is 19.2. The molecule has 0 amide bonds. The van der Waals surface area contributed by atoms with E-state index in [1.807, 2.05) is 11.8 Å². The van der Waals surface area contributed by atoms with Gasteiger partial charge in [-0.2, -0.15) is 0 Å². The number of aromatic nitrogens is 3. The quantitative estimate of drug-likeness (QED) is 0.778. The number of thioether (sulfide) groups is 2. The van der Waals surface area contributed by atoms with Gasteiger partial charge in [0.15, 0.2) is 11.0 Å². The van der Waals surface area contributed by atoms with Gasteiger partial charge in [-0.25, -0.2) is 0 Å². The van der Waals surface area contributed by atoms with Crippen LogP contribution in [0.2, 0.25) is 0 Å². The minimum atomic E-state index is -0.0365. The molecule has 3 rings (SSSR count). The Bertz CT molecular complexity index is 621. The first-order valence-corrected chi connectivity index (χ1v) is 9.47. The molecule has 1 aliphatic carbocycles. The second-order valence-corrected chi connectivity index (χ2v) is 8.35. The van der Waals surface area contributed by atoms with Crippen molar-refractivity contribution in [2.45, 2.75) is 60.4 Å². The SMILES string of the molecule is CC(C)Sc1ccc(CSc2nnc(CO)n2C2CC2)cc1. The monoisotopic (exact) mass is 335 g/mol. The third kappa shape index (κ3) is 3.86. The van der Waals surface area contributed by atoms with Gasteiger partial charge in [0.1, 0.15) is 6.61 Å². The van der Waals surface area contributed by atoms with Crippen LogP contribution in [-0.4, -0.2) is 25.1 Å². The molecule has 1 aliphatic rings. The van der Waals surface area contributed by atoms with Crippen molar-refractivity contribution in [2.75, 3.05) is 0 Å². The highest BCUT2D eigenvalue weighted by Crippen LogP contribution is 2.39. The topological polar surface area (TPSA) is 50.9 Å². The summed E-state index contributed by atoms with van der Waals surface area (Å²) in [5.74, 6) is 1.57. The molecule has 1 aromatic carbocycles. The van der Waals surface area contributed by atoms with Crippen molar-refractivity contribution < 1.29 is 5.11 Å². The number of nitrogens with zero attached hydrogens (tertiary/aromatic N) is 3. The molecule has 0 unspecified atom stereocenters. The Labute approximate surface area is 139 Å². The summed E-state index contributed by atoms with van der Waals surface area (Å²) in [7, 11) is 0. The molecule has 1 fully saturated rings. The molecule has 1 aromatic heterocycles. The van der Waals surface area contributed by atoms with E-state index >= 15 is 0 Å². The van der Waals surface area contributed by atoms with E-state index in [9.17, 15) is 5.11 Å². The van der Waals surface area contributed by atoms with Gasteiger partial charge in [0, 0.05) is 21.9 Å². The molecule has 0 aliphatic heterocycles. The number of hydrogen-bond donors (Lipinski definition) is 1. The Balaban J connectivity index is 1.64.